The quantitative estimate of drug-likeness (QED) is 0.427. The van der Waals surface area contributed by atoms with E-state index >= 15 is 0 Å². The average molecular weight is 453 g/mol. The summed E-state index contributed by atoms with van der Waals surface area (Å²) in [6.45, 7) is 16.4. The SMILES string of the molecule is CC1(C)CC[C@]2(C(=O)O)CC[C@]3(C)C(=CC[C@@H]4[C@@]5(C)C=CC(=O)C(C)(C)[C@@H]5CC[C@]43C)[C@@H]2C1. The predicted octanol–water partition coefficient (Wildman–Crippen LogP) is 7.22. The van der Waals surface area contributed by atoms with Gasteiger partial charge in [0.05, 0.1) is 5.41 Å². The second-order valence-corrected chi connectivity index (χ2v) is 14.5. The van der Waals surface area contributed by atoms with Crippen LogP contribution in [0.2, 0.25) is 0 Å². The van der Waals surface area contributed by atoms with Gasteiger partial charge in [0.25, 0.3) is 0 Å². The average Bonchev–Trinajstić information content (AvgIpc) is 2.71. The van der Waals surface area contributed by atoms with Crippen LogP contribution in [0.4, 0.5) is 0 Å². The molecule has 3 fully saturated rings. The molecule has 0 saturated heterocycles. The van der Waals surface area contributed by atoms with Gasteiger partial charge in [-0.3, -0.25) is 9.59 Å². The number of fused-ring (bicyclic) bond motifs is 7. The Kier molecular flexibility index (Phi) is 4.70. The Bertz CT molecular complexity index is 969. The second-order valence-electron chi connectivity index (χ2n) is 14.5. The number of carboxylic acids is 1. The van der Waals surface area contributed by atoms with E-state index in [2.05, 4.69) is 60.6 Å². The molecule has 182 valence electrons. The van der Waals surface area contributed by atoms with Gasteiger partial charge in [0.15, 0.2) is 5.78 Å². The first-order chi connectivity index (χ1) is 15.1. The minimum absolute atomic E-state index is 0.00260. The van der Waals surface area contributed by atoms with Gasteiger partial charge >= 0.3 is 5.97 Å². The summed E-state index contributed by atoms with van der Waals surface area (Å²) in [5.41, 5.74) is 0.928. The maximum Gasteiger partial charge on any atom is 0.310 e. The number of hydrogen-bond acceptors (Lipinski definition) is 2. The van der Waals surface area contributed by atoms with Crippen molar-refractivity contribution in [3.63, 3.8) is 0 Å². The fourth-order valence-corrected chi connectivity index (χ4v) is 9.93. The maximum atomic E-state index is 12.8. The van der Waals surface area contributed by atoms with Crippen molar-refractivity contribution in [2.24, 2.45) is 50.2 Å². The molecule has 5 aliphatic rings. The predicted molar refractivity (Wildman–Crippen MR) is 132 cm³/mol. The van der Waals surface area contributed by atoms with E-state index in [1.54, 1.807) is 0 Å². The fraction of sp³-hybridized carbons (Fsp3) is 0.800. The van der Waals surface area contributed by atoms with Gasteiger partial charge in [-0.1, -0.05) is 66.2 Å². The first kappa shape index (κ1) is 23.4. The number of carboxylic acid groups (broad SMARTS) is 1. The largest absolute Gasteiger partial charge is 0.481 e. The molecule has 0 amide bonds. The van der Waals surface area contributed by atoms with Gasteiger partial charge in [-0.05, 0) is 96.9 Å². The highest BCUT2D eigenvalue weighted by Crippen LogP contribution is 2.74. The van der Waals surface area contributed by atoms with Crippen molar-refractivity contribution in [2.45, 2.75) is 99.8 Å². The molecule has 0 aromatic heterocycles. The number of carbonyl (C=O) groups excluding carboxylic acids is 1. The van der Waals surface area contributed by atoms with Crippen molar-refractivity contribution in [3.8, 4) is 0 Å². The van der Waals surface area contributed by atoms with Crippen LogP contribution in [0.5, 0.6) is 0 Å². The van der Waals surface area contributed by atoms with Crippen molar-refractivity contribution < 1.29 is 14.7 Å². The van der Waals surface area contributed by atoms with E-state index in [1.165, 1.54) is 5.57 Å². The molecule has 3 heteroatoms. The van der Waals surface area contributed by atoms with Gasteiger partial charge in [-0.15, -0.1) is 0 Å². The summed E-state index contributed by atoms with van der Waals surface area (Å²) in [7, 11) is 0. The molecule has 0 spiro atoms. The van der Waals surface area contributed by atoms with Gasteiger partial charge in [0, 0.05) is 5.41 Å². The number of carbonyl (C=O) groups is 2. The Hall–Kier alpha value is -1.38. The zero-order valence-electron chi connectivity index (χ0n) is 21.9. The van der Waals surface area contributed by atoms with Gasteiger partial charge in [-0.25, -0.2) is 0 Å². The summed E-state index contributed by atoms with van der Waals surface area (Å²) in [4.78, 5) is 25.5. The van der Waals surface area contributed by atoms with Gasteiger partial charge in [0.2, 0.25) is 0 Å². The minimum Gasteiger partial charge on any atom is -0.481 e. The second kappa shape index (κ2) is 6.64. The molecular weight excluding hydrogens is 408 g/mol. The molecule has 0 aromatic rings. The number of hydrogen-bond donors (Lipinski definition) is 1. The molecule has 0 aliphatic heterocycles. The van der Waals surface area contributed by atoms with Crippen LogP contribution in [-0.4, -0.2) is 16.9 Å². The van der Waals surface area contributed by atoms with Gasteiger partial charge in [0.1, 0.15) is 0 Å². The Labute approximate surface area is 200 Å². The molecule has 3 saturated carbocycles. The van der Waals surface area contributed by atoms with Crippen molar-refractivity contribution >= 4 is 11.8 Å². The third kappa shape index (κ3) is 2.74. The summed E-state index contributed by atoms with van der Waals surface area (Å²) in [5.74, 6) is 0.717. The number of ketones is 1. The maximum absolute atomic E-state index is 12.8. The lowest BCUT2D eigenvalue weighted by Gasteiger charge is -2.69. The number of rotatable bonds is 1. The number of aliphatic carboxylic acids is 1. The van der Waals surface area contributed by atoms with Crippen molar-refractivity contribution in [3.05, 3.63) is 23.8 Å². The molecule has 1 N–H and O–H groups in total. The Morgan fingerprint density at radius 2 is 1.61 bits per heavy atom. The molecular formula is C30H44O3. The van der Waals surface area contributed by atoms with E-state index in [0.29, 0.717) is 11.8 Å². The molecule has 0 bridgehead atoms. The molecule has 0 aromatic carbocycles. The Balaban J connectivity index is 1.63. The summed E-state index contributed by atoms with van der Waals surface area (Å²) >= 11 is 0. The van der Waals surface area contributed by atoms with Crippen LogP contribution in [0.25, 0.3) is 0 Å². The minimum atomic E-state index is -0.579. The van der Waals surface area contributed by atoms with Crippen LogP contribution in [-0.2, 0) is 9.59 Å². The fourth-order valence-electron chi connectivity index (χ4n) is 9.93. The Morgan fingerprint density at radius 1 is 0.939 bits per heavy atom. The molecule has 7 atom stereocenters. The molecule has 0 heterocycles. The molecule has 5 rings (SSSR count). The standard InChI is InChI=1S/C30H44O3/c1-25(2)14-16-30(24(32)33)17-15-28(6)19(20(30)18-25)8-9-22-27(5)12-11-23(31)26(3,4)21(27)10-13-29(22,28)7/h8,11-12,20-22H,9-10,13-18H2,1-7H3,(H,32,33)/t20-,21-,22+,27-,28+,29+,30-/m0/s1. The lowest BCUT2D eigenvalue weighted by Crippen LogP contribution is -2.63. The van der Waals surface area contributed by atoms with Crippen LogP contribution in [0.1, 0.15) is 99.8 Å². The summed E-state index contributed by atoms with van der Waals surface area (Å²) in [5, 5.41) is 10.5. The van der Waals surface area contributed by atoms with E-state index in [9.17, 15) is 14.7 Å². The molecule has 5 aliphatic carbocycles. The molecule has 0 unspecified atom stereocenters. The van der Waals surface area contributed by atoms with Crippen LogP contribution in [0, 0.1) is 50.2 Å². The molecule has 33 heavy (non-hydrogen) atoms. The third-order valence-corrected chi connectivity index (χ3v) is 12.3. The zero-order valence-corrected chi connectivity index (χ0v) is 21.9. The van der Waals surface area contributed by atoms with Crippen LogP contribution >= 0.6 is 0 Å². The van der Waals surface area contributed by atoms with E-state index in [0.717, 1.165) is 51.4 Å². The first-order valence-corrected chi connectivity index (χ1v) is 13.3. The van der Waals surface area contributed by atoms with E-state index in [1.807, 2.05) is 6.08 Å². The highest BCUT2D eigenvalue weighted by Gasteiger charge is 2.68. The molecule has 0 radical (unpaired) electrons. The van der Waals surface area contributed by atoms with E-state index < -0.39 is 11.4 Å². The van der Waals surface area contributed by atoms with Crippen LogP contribution in [0.15, 0.2) is 23.8 Å². The lowest BCUT2D eigenvalue weighted by molar-refractivity contribution is -0.174. The van der Waals surface area contributed by atoms with Crippen molar-refractivity contribution in [1.29, 1.82) is 0 Å². The van der Waals surface area contributed by atoms with Crippen molar-refractivity contribution in [2.75, 3.05) is 0 Å². The first-order valence-electron chi connectivity index (χ1n) is 13.3. The zero-order chi connectivity index (χ0) is 24.2. The molecule has 3 nitrogen and oxygen atoms in total. The van der Waals surface area contributed by atoms with E-state index in [4.69, 9.17) is 0 Å². The smallest absolute Gasteiger partial charge is 0.310 e. The summed E-state index contributed by atoms with van der Waals surface area (Å²) < 4.78 is 0. The lowest BCUT2D eigenvalue weighted by atomic mass is 9.34. The van der Waals surface area contributed by atoms with E-state index in [-0.39, 0.29) is 38.8 Å². The summed E-state index contributed by atoms with van der Waals surface area (Å²) in [6, 6.07) is 0. The normalized spacial score (nSPS) is 49.7. The van der Waals surface area contributed by atoms with Crippen molar-refractivity contribution in [1.82, 2.24) is 0 Å². The van der Waals surface area contributed by atoms with Gasteiger partial charge in [-0.2, -0.15) is 0 Å². The third-order valence-electron chi connectivity index (χ3n) is 12.3. The van der Waals surface area contributed by atoms with Crippen LogP contribution in [0.3, 0.4) is 0 Å². The van der Waals surface area contributed by atoms with Crippen LogP contribution < -0.4 is 0 Å². The highest BCUT2D eigenvalue weighted by atomic mass is 16.4. The topological polar surface area (TPSA) is 54.4 Å². The highest BCUT2D eigenvalue weighted by molar-refractivity contribution is 5.95. The number of allylic oxidation sites excluding steroid dienone is 4. The van der Waals surface area contributed by atoms with Gasteiger partial charge < -0.3 is 5.11 Å². The Morgan fingerprint density at radius 3 is 2.27 bits per heavy atom. The summed E-state index contributed by atoms with van der Waals surface area (Å²) in [6.07, 6.45) is 14.5. The monoisotopic (exact) mass is 452 g/mol.